The Morgan fingerprint density at radius 1 is 1.00 bits per heavy atom. The van der Waals surface area contributed by atoms with Crippen molar-refractivity contribution in [1.82, 2.24) is 4.72 Å². The zero-order chi connectivity index (χ0) is 18.4. The largest absolute Gasteiger partial charge is 0.494 e. The van der Waals surface area contributed by atoms with Crippen LogP contribution in [0.4, 0.5) is 4.39 Å². The number of rotatable bonds is 8. The maximum absolute atomic E-state index is 13.7. The summed E-state index contributed by atoms with van der Waals surface area (Å²) in [4.78, 5) is -0.177. The van der Waals surface area contributed by atoms with Crippen LogP contribution in [0.25, 0.3) is 0 Å². The van der Waals surface area contributed by atoms with Gasteiger partial charge in [-0.25, -0.2) is 17.5 Å². The molecule has 0 unspecified atom stereocenters. The van der Waals surface area contributed by atoms with Gasteiger partial charge in [-0.15, -0.1) is 0 Å². The third kappa shape index (κ3) is 4.61. The first-order valence-electron chi connectivity index (χ1n) is 7.54. The molecule has 25 heavy (non-hydrogen) atoms. The number of nitrogens with one attached hydrogen (secondary N) is 1. The van der Waals surface area contributed by atoms with Gasteiger partial charge in [-0.05, 0) is 42.8 Å². The molecule has 0 saturated carbocycles. The minimum absolute atomic E-state index is 0.0181. The van der Waals surface area contributed by atoms with Crippen LogP contribution in [-0.2, 0) is 16.6 Å². The summed E-state index contributed by atoms with van der Waals surface area (Å²) in [5.74, 6) is 0.326. The van der Waals surface area contributed by atoms with Crippen molar-refractivity contribution >= 4 is 10.0 Å². The molecule has 2 aromatic carbocycles. The van der Waals surface area contributed by atoms with Gasteiger partial charge in [0.2, 0.25) is 10.0 Å². The summed E-state index contributed by atoms with van der Waals surface area (Å²) >= 11 is 0. The van der Waals surface area contributed by atoms with Gasteiger partial charge in [-0.1, -0.05) is 6.07 Å². The summed E-state index contributed by atoms with van der Waals surface area (Å²) in [6.07, 6.45) is 0. The molecule has 2 rings (SSSR count). The topological polar surface area (TPSA) is 73.9 Å². The SMILES string of the molecule is CCOc1cc(CNS(=O)(=O)c2ccc(OC)c(F)c2)ccc1OC. The van der Waals surface area contributed by atoms with Crippen LogP contribution in [0.2, 0.25) is 0 Å². The van der Waals surface area contributed by atoms with Crippen molar-refractivity contribution in [2.45, 2.75) is 18.4 Å². The Morgan fingerprint density at radius 3 is 2.28 bits per heavy atom. The fourth-order valence-corrected chi connectivity index (χ4v) is 3.20. The highest BCUT2D eigenvalue weighted by Gasteiger charge is 2.17. The molecule has 0 aliphatic carbocycles. The minimum atomic E-state index is -3.86. The van der Waals surface area contributed by atoms with E-state index in [0.717, 1.165) is 6.07 Å². The summed E-state index contributed by atoms with van der Waals surface area (Å²) < 4.78 is 56.2. The van der Waals surface area contributed by atoms with Crippen molar-refractivity contribution < 1.29 is 27.0 Å². The van der Waals surface area contributed by atoms with E-state index in [4.69, 9.17) is 14.2 Å². The predicted octanol–water partition coefficient (Wildman–Crippen LogP) is 2.72. The van der Waals surface area contributed by atoms with Crippen LogP contribution >= 0.6 is 0 Å². The second-order valence-corrected chi connectivity index (χ2v) is 6.81. The molecule has 8 heteroatoms. The number of hydrogen-bond donors (Lipinski definition) is 1. The molecule has 0 fully saturated rings. The quantitative estimate of drug-likeness (QED) is 0.774. The van der Waals surface area contributed by atoms with Crippen LogP contribution in [0, 0.1) is 5.82 Å². The molecular formula is C17H20FNO5S. The van der Waals surface area contributed by atoms with E-state index in [-0.39, 0.29) is 17.2 Å². The van der Waals surface area contributed by atoms with E-state index in [0.29, 0.717) is 23.7 Å². The average Bonchev–Trinajstić information content (AvgIpc) is 2.60. The van der Waals surface area contributed by atoms with E-state index < -0.39 is 15.8 Å². The highest BCUT2D eigenvalue weighted by atomic mass is 32.2. The van der Waals surface area contributed by atoms with Gasteiger partial charge in [0, 0.05) is 6.54 Å². The van der Waals surface area contributed by atoms with Crippen LogP contribution < -0.4 is 18.9 Å². The molecule has 2 aromatic rings. The van der Waals surface area contributed by atoms with Gasteiger partial charge in [-0.2, -0.15) is 0 Å². The first-order chi connectivity index (χ1) is 11.9. The maximum Gasteiger partial charge on any atom is 0.240 e. The molecule has 0 bridgehead atoms. The van der Waals surface area contributed by atoms with E-state index in [1.807, 2.05) is 6.92 Å². The first kappa shape index (κ1) is 19.0. The number of hydrogen-bond acceptors (Lipinski definition) is 5. The van der Waals surface area contributed by atoms with Crippen LogP contribution in [0.5, 0.6) is 17.2 Å². The van der Waals surface area contributed by atoms with E-state index in [1.165, 1.54) is 26.4 Å². The van der Waals surface area contributed by atoms with Crippen molar-refractivity contribution in [2.75, 3.05) is 20.8 Å². The molecule has 136 valence electrons. The second-order valence-electron chi connectivity index (χ2n) is 5.04. The molecule has 0 radical (unpaired) electrons. The minimum Gasteiger partial charge on any atom is -0.494 e. The van der Waals surface area contributed by atoms with Crippen LogP contribution in [0.1, 0.15) is 12.5 Å². The van der Waals surface area contributed by atoms with Crippen LogP contribution in [0.15, 0.2) is 41.3 Å². The molecule has 0 aliphatic heterocycles. The van der Waals surface area contributed by atoms with E-state index >= 15 is 0 Å². The molecule has 0 spiro atoms. The lowest BCUT2D eigenvalue weighted by Crippen LogP contribution is -2.23. The van der Waals surface area contributed by atoms with Crippen LogP contribution in [-0.4, -0.2) is 29.2 Å². The Balaban J connectivity index is 2.16. The molecule has 0 aliphatic rings. The number of sulfonamides is 1. The van der Waals surface area contributed by atoms with Crippen molar-refractivity contribution in [3.05, 3.63) is 47.8 Å². The van der Waals surface area contributed by atoms with Crippen LogP contribution in [0.3, 0.4) is 0 Å². The third-order valence-electron chi connectivity index (χ3n) is 3.43. The van der Waals surface area contributed by atoms with Gasteiger partial charge in [0.05, 0.1) is 25.7 Å². The van der Waals surface area contributed by atoms with E-state index in [9.17, 15) is 12.8 Å². The predicted molar refractivity (Wildman–Crippen MR) is 91.1 cm³/mol. The second kappa shape index (κ2) is 8.17. The van der Waals surface area contributed by atoms with Gasteiger partial charge >= 0.3 is 0 Å². The summed E-state index contributed by atoms with van der Waals surface area (Å²) in [6.45, 7) is 2.32. The van der Waals surface area contributed by atoms with Crippen molar-refractivity contribution in [3.8, 4) is 17.2 Å². The zero-order valence-electron chi connectivity index (χ0n) is 14.2. The number of halogens is 1. The Kier molecular flexibility index (Phi) is 6.22. The molecule has 0 aromatic heterocycles. The monoisotopic (exact) mass is 369 g/mol. The van der Waals surface area contributed by atoms with Gasteiger partial charge in [0.1, 0.15) is 0 Å². The molecule has 0 heterocycles. The lowest BCUT2D eigenvalue weighted by atomic mass is 10.2. The van der Waals surface area contributed by atoms with Gasteiger partial charge in [-0.3, -0.25) is 0 Å². The fraction of sp³-hybridized carbons (Fsp3) is 0.294. The van der Waals surface area contributed by atoms with Crippen molar-refractivity contribution in [1.29, 1.82) is 0 Å². The summed E-state index contributed by atoms with van der Waals surface area (Å²) in [6, 6.07) is 8.58. The third-order valence-corrected chi connectivity index (χ3v) is 4.83. The lowest BCUT2D eigenvalue weighted by Gasteiger charge is -2.12. The normalized spacial score (nSPS) is 11.2. The number of methoxy groups -OCH3 is 2. The summed E-state index contributed by atoms with van der Waals surface area (Å²) in [5, 5.41) is 0. The van der Waals surface area contributed by atoms with Gasteiger partial charge in [0.15, 0.2) is 23.1 Å². The van der Waals surface area contributed by atoms with Gasteiger partial charge in [0.25, 0.3) is 0 Å². The Labute approximate surface area is 146 Å². The van der Waals surface area contributed by atoms with Gasteiger partial charge < -0.3 is 14.2 Å². The summed E-state index contributed by atoms with van der Waals surface area (Å²) in [7, 11) is -1.03. The maximum atomic E-state index is 13.7. The zero-order valence-corrected chi connectivity index (χ0v) is 15.0. The molecule has 1 N–H and O–H groups in total. The van der Waals surface area contributed by atoms with E-state index in [1.54, 1.807) is 18.2 Å². The average molecular weight is 369 g/mol. The molecule has 0 atom stereocenters. The fourth-order valence-electron chi connectivity index (χ4n) is 2.18. The highest BCUT2D eigenvalue weighted by molar-refractivity contribution is 7.89. The Morgan fingerprint density at radius 2 is 1.68 bits per heavy atom. The number of benzene rings is 2. The lowest BCUT2D eigenvalue weighted by molar-refractivity contribution is 0.310. The van der Waals surface area contributed by atoms with Crippen molar-refractivity contribution in [2.24, 2.45) is 0 Å². The Hall–Kier alpha value is -2.32. The molecule has 0 saturated heterocycles. The molecule has 6 nitrogen and oxygen atoms in total. The highest BCUT2D eigenvalue weighted by Crippen LogP contribution is 2.28. The summed E-state index contributed by atoms with van der Waals surface area (Å²) in [5.41, 5.74) is 0.682. The van der Waals surface area contributed by atoms with Crippen molar-refractivity contribution in [3.63, 3.8) is 0 Å². The standard InChI is InChI=1S/C17H20FNO5S/c1-4-24-17-9-12(5-7-16(17)23-3)11-19-25(20,21)13-6-8-15(22-2)14(18)10-13/h5-10,19H,4,11H2,1-3H3. The smallest absolute Gasteiger partial charge is 0.240 e. The first-order valence-corrected chi connectivity index (χ1v) is 9.02. The molecular weight excluding hydrogens is 349 g/mol. The molecule has 0 amide bonds. The number of ether oxygens (including phenoxy) is 3. The Bertz CT molecular complexity index is 839. The van der Waals surface area contributed by atoms with E-state index in [2.05, 4.69) is 4.72 Å².